The molecule has 0 saturated heterocycles. The van der Waals surface area contributed by atoms with Gasteiger partial charge in [0.25, 0.3) is 11.8 Å². The van der Waals surface area contributed by atoms with Gasteiger partial charge in [-0.3, -0.25) is 9.59 Å². The smallest absolute Gasteiger partial charge is 0.291 e. The molecule has 0 atom stereocenters. The number of oxazole rings is 1. The Labute approximate surface area is 201 Å². The number of rotatable bonds is 8. The van der Waals surface area contributed by atoms with Crippen molar-refractivity contribution in [2.75, 3.05) is 12.4 Å². The summed E-state index contributed by atoms with van der Waals surface area (Å²) in [6.07, 6.45) is 0. The van der Waals surface area contributed by atoms with E-state index in [9.17, 15) is 9.59 Å². The van der Waals surface area contributed by atoms with Crippen LogP contribution in [0.15, 0.2) is 51.3 Å². The molecule has 4 rings (SSSR count). The summed E-state index contributed by atoms with van der Waals surface area (Å²) in [5, 5.41) is 5.60. The lowest BCUT2D eigenvalue weighted by Crippen LogP contribution is -2.25. The monoisotopic (exact) mass is 475 g/mol. The highest BCUT2D eigenvalue weighted by Gasteiger charge is 2.15. The van der Waals surface area contributed by atoms with Crippen molar-refractivity contribution in [2.45, 2.75) is 33.9 Å². The van der Waals surface area contributed by atoms with Crippen molar-refractivity contribution in [1.29, 1.82) is 0 Å². The van der Waals surface area contributed by atoms with E-state index in [0.29, 0.717) is 46.9 Å². The Morgan fingerprint density at radius 3 is 2.43 bits per heavy atom. The molecular weight excluding hydrogens is 450 g/mol. The van der Waals surface area contributed by atoms with Gasteiger partial charge >= 0.3 is 0 Å². The third-order valence-electron chi connectivity index (χ3n) is 5.07. The van der Waals surface area contributed by atoms with Gasteiger partial charge in [0.05, 0.1) is 6.54 Å². The summed E-state index contributed by atoms with van der Waals surface area (Å²) in [5.74, 6) is 1.64. The van der Waals surface area contributed by atoms with E-state index in [4.69, 9.17) is 13.6 Å². The molecule has 35 heavy (non-hydrogen) atoms. The van der Waals surface area contributed by atoms with E-state index in [1.165, 1.54) is 0 Å². The van der Waals surface area contributed by atoms with Crippen LogP contribution in [0.1, 0.15) is 49.8 Å². The van der Waals surface area contributed by atoms with Gasteiger partial charge in [-0.2, -0.15) is 0 Å². The Bertz CT molecular complexity index is 1340. The van der Waals surface area contributed by atoms with Crippen molar-refractivity contribution in [2.24, 2.45) is 0 Å². The van der Waals surface area contributed by atoms with Crippen LogP contribution in [0, 0.1) is 20.8 Å². The fourth-order valence-electron chi connectivity index (χ4n) is 3.41. The predicted octanol–water partition coefficient (Wildman–Crippen LogP) is 3.98. The van der Waals surface area contributed by atoms with E-state index in [-0.39, 0.29) is 24.1 Å². The minimum atomic E-state index is -0.362. The molecule has 0 fully saturated rings. The predicted molar refractivity (Wildman–Crippen MR) is 127 cm³/mol. The number of amides is 2. The van der Waals surface area contributed by atoms with Gasteiger partial charge in [-0.05, 0) is 63.2 Å². The number of carbonyl (C=O) groups excluding carboxylic acids is 2. The maximum Gasteiger partial charge on any atom is 0.291 e. The molecule has 4 aromatic rings. The summed E-state index contributed by atoms with van der Waals surface area (Å²) in [4.78, 5) is 37.7. The number of hydrogen-bond donors (Lipinski definition) is 2. The number of ether oxygens (including phenoxy) is 1. The Balaban J connectivity index is 1.39. The number of hydrogen-bond acceptors (Lipinski definition) is 8. The molecule has 3 aromatic heterocycles. The number of benzene rings is 1. The number of methoxy groups -OCH3 is 1. The summed E-state index contributed by atoms with van der Waals surface area (Å²) in [7, 11) is 1.56. The molecule has 0 bridgehead atoms. The number of furan rings is 1. The number of nitrogens with one attached hydrogen (secondary N) is 2. The molecule has 10 heteroatoms. The highest BCUT2D eigenvalue weighted by molar-refractivity contribution is 6.02. The molecular formula is C25H25N5O5. The Morgan fingerprint density at radius 1 is 0.943 bits per heavy atom. The topological polar surface area (TPSA) is 132 Å². The summed E-state index contributed by atoms with van der Waals surface area (Å²) in [6.45, 7) is 5.82. The van der Waals surface area contributed by atoms with Crippen LogP contribution >= 0.6 is 0 Å². The van der Waals surface area contributed by atoms with Gasteiger partial charge < -0.3 is 24.2 Å². The van der Waals surface area contributed by atoms with E-state index in [2.05, 4.69) is 25.6 Å². The van der Waals surface area contributed by atoms with Crippen LogP contribution in [0.3, 0.4) is 0 Å². The van der Waals surface area contributed by atoms with Gasteiger partial charge in [0.1, 0.15) is 35.3 Å². The second-order valence-corrected chi connectivity index (χ2v) is 7.88. The third-order valence-corrected chi connectivity index (χ3v) is 5.07. The lowest BCUT2D eigenvalue weighted by molar-refractivity contribution is 0.0943. The first-order valence-corrected chi connectivity index (χ1v) is 10.9. The lowest BCUT2D eigenvalue weighted by atomic mass is 10.2. The summed E-state index contributed by atoms with van der Waals surface area (Å²) in [6, 6.07) is 12.0. The molecule has 0 unspecified atom stereocenters. The first kappa shape index (κ1) is 23.8. The standard InChI is InChI=1S/C25H25N5O5/c1-14-11-20(28-16(3)27-14)23(31)26-12-21-15(2)34-25(30-21)17-5-7-18(8-6-17)29-24(32)22-10-9-19(35-22)13-33-4/h5-11H,12-13H2,1-4H3,(H,26,31)(H,29,32). The lowest BCUT2D eigenvalue weighted by Gasteiger charge is -2.05. The fraction of sp³-hybridized carbons (Fsp3) is 0.240. The minimum absolute atomic E-state index is 0.193. The van der Waals surface area contributed by atoms with Crippen LogP contribution < -0.4 is 10.6 Å². The number of aryl methyl sites for hydroxylation is 3. The van der Waals surface area contributed by atoms with Gasteiger partial charge in [0.15, 0.2) is 5.76 Å². The second-order valence-electron chi connectivity index (χ2n) is 7.88. The molecule has 1 aromatic carbocycles. The van der Waals surface area contributed by atoms with Gasteiger partial charge in [0, 0.05) is 24.1 Å². The van der Waals surface area contributed by atoms with E-state index in [0.717, 1.165) is 11.3 Å². The highest BCUT2D eigenvalue weighted by atomic mass is 16.5. The molecule has 0 spiro atoms. The van der Waals surface area contributed by atoms with Crippen LogP contribution in [0.2, 0.25) is 0 Å². The van der Waals surface area contributed by atoms with Gasteiger partial charge in [-0.1, -0.05) is 0 Å². The molecule has 0 aliphatic carbocycles. The normalized spacial score (nSPS) is 10.9. The van der Waals surface area contributed by atoms with Crippen LogP contribution in [0.4, 0.5) is 5.69 Å². The van der Waals surface area contributed by atoms with Gasteiger partial charge in [-0.25, -0.2) is 15.0 Å². The summed E-state index contributed by atoms with van der Waals surface area (Å²) < 4.78 is 16.2. The summed E-state index contributed by atoms with van der Waals surface area (Å²) in [5.41, 5.74) is 2.96. The Morgan fingerprint density at radius 2 is 1.71 bits per heavy atom. The SMILES string of the molecule is COCc1ccc(C(=O)Nc2ccc(-c3nc(CNC(=O)c4cc(C)nc(C)n4)c(C)o3)cc2)o1. The number of nitrogens with zero attached hydrogens (tertiary/aromatic N) is 3. The van der Waals surface area contributed by atoms with Crippen LogP contribution in [-0.4, -0.2) is 33.9 Å². The Hall–Kier alpha value is -4.31. The van der Waals surface area contributed by atoms with E-state index >= 15 is 0 Å². The third kappa shape index (κ3) is 5.79. The zero-order valence-corrected chi connectivity index (χ0v) is 19.8. The second kappa shape index (κ2) is 10.3. The largest absolute Gasteiger partial charge is 0.453 e. The number of carbonyl (C=O) groups is 2. The van der Waals surface area contributed by atoms with Gasteiger partial charge in [-0.15, -0.1) is 0 Å². The fourth-order valence-corrected chi connectivity index (χ4v) is 3.41. The van der Waals surface area contributed by atoms with Crippen molar-refractivity contribution in [1.82, 2.24) is 20.3 Å². The van der Waals surface area contributed by atoms with Crippen LogP contribution in [0.5, 0.6) is 0 Å². The van der Waals surface area contributed by atoms with Gasteiger partial charge in [0.2, 0.25) is 5.89 Å². The van der Waals surface area contributed by atoms with E-state index < -0.39 is 0 Å². The Kier molecular flexibility index (Phi) is 7.02. The molecule has 2 amide bonds. The van der Waals surface area contributed by atoms with E-state index in [1.807, 2.05) is 6.92 Å². The molecule has 0 saturated carbocycles. The maximum atomic E-state index is 12.5. The average Bonchev–Trinajstić information content (AvgIpc) is 3.44. The molecule has 0 radical (unpaired) electrons. The quantitative estimate of drug-likeness (QED) is 0.391. The first-order chi connectivity index (χ1) is 16.8. The van der Waals surface area contributed by atoms with E-state index in [1.54, 1.807) is 63.4 Å². The highest BCUT2D eigenvalue weighted by Crippen LogP contribution is 2.24. The van der Waals surface area contributed by atoms with Crippen molar-refractivity contribution >= 4 is 17.5 Å². The minimum Gasteiger partial charge on any atom is -0.453 e. The first-order valence-electron chi connectivity index (χ1n) is 10.9. The molecule has 0 aliphatic heterocycles. The number of anilines is 1. The van der Waals surface area contributed by atoms with Crippen LogP contribution in [-0.2, 0) is 17.9 Å². The van der Waals surface area contributed by atoms with Crippen molar-refractivity contribution in [3.63, 3.8) is 0 Å². The van der Waals surface area contributed by atoms with Crippen molar-refractivity contribution in [3.8, 4) is 11.5 Å². The molecule has 2 N–H and O–H groups in total. The zero-order chi connectivity index (χ0) is 24.9. The maximum absolute atomic E-state index is 12.5. The zero-order valence-electron chi connectivity index (χ0n) is 19.8. The van der Waals surface area contributed by atoms with Crippen LogP contribution in [0.25, 0.3) is 11.5 Å². The molecule has 3 heterocycles. The van der Waals surface area contributed by atoms with Crippen molar-refractivity contribution in [3.05, 3.63) is 82.7 Å². The number of aromatic nitrogens is 3. The summed E-state index contributed by atoms with van der Waals surface area (Å²) >= 11 is 0. The van der Waals surface area contributed by atoms with Crippen molar-refractivity contribution < 1.29 is 23.2 Å². The molecule has 180 valence electrons. The molecule has 10 nitrogen and oxygen atoms in total. The molecule has 0 aliphatic rings. The average molecular weight is 476 g/mol.